The molecule has 0 aromatic rings. The molecule has 1 aliphatic heterocycles. The normalized spacial score (nSPS) is 22.7. The zero-order valence-corrected chi connectivity index (χ0v) is 12.4. The zero-order chi connectivity index (χ0) is 14.8. The topological polar surface area (TPSA) is 74.7 Å². The predicted molar refractivity (Wildman–Crippen MR) is 76.8 cm³/mol. The Labute approximate surface area is 120 Å². The molecule has 20 heavy (non-hydrogen) atoms. The molecule has 0 saturated heterocycles. The molecule has 0 aromatic carbocycles. The van der Waals surface area contributed by atoms with E-state index in [0.717, 1.165) is 12.0 Å². The lowest BCUT2D eigenvalue weighted by molar-refractivity contribution is -0.151. The minimum absolute atomic E-state index is 0.0732. The summed E-state index contributed by atoms with van der Waals surface area (Å²) in [6.45, 7) is 4.22. The first-order chi connectivity index (χ1) is 9.42. The minimum atomic E-state index is -3.25. The highest BCUT2D eigenvalue weighted by Crippen LogP contribution is 2.49. The maximum atomic E-state index is 12.1. The number of carboxylic acids is 1. The van der Waals surface area contributed by atoms with E-state index >= 15 is 0 Å². The van der Waals surface area contributed by atoms with Crippen molar-refractivity contribution in [3.05, 3.63) is 24.3 Å². The third kappa shape index (κ3) is 2.67. The number of aliphatic carboxylic acids is 1. The molecule has 2 rings (SSSR count). The van der Waals surface area contributed by atoms with Gasteiger partial charge in [-0.05, 0) is 25.7 Å². The van der Waals surface area contributed by atoms with Crippen LogP contribution in [0.3, 0.4) is 0 Å². The Kier molecular flexibility index (Phi) is 4.34. The summed E-state index contributed by atoms with van der Waals surface area (Å²) >= 11 is 0. The van der Waals surface area contributed by atoms with E-state index < -0.39 is 21.4 Å². The summed E-state index contributed by atoms with van der Waals surface area (Å²) in [5.74, 6) is -0.693. The van der Waals surface area contributed by atoms with Gasteiger partial charge in [-0.25, -0.2) is 8.42 Å². The van der Waals surface area contributed by atoms with E-state index in [-0.39, 0.29) is 5.75 Å². The fraction of sp³-hybridized carbons (Fsp3) is 0.643. The van der Waals surface area contributed by atoms with E-state index in [9.17, 15) is 18.3 Å². The van der Waals surface area contributed by atoms with E-state index in [0.29, 0.717) is 38.8 Å². The molecule has 6 heteroatoms. The number of allylic oxidation sites excluding steroid dienone is 1. The molecule has 2 aliphatic rings. The first kappa shape index (κ1) is 15.3. The number of carbonyl (C=O) groups is 1. The molecule has 0 amide bonds. The van der Waals surface area contributed by atoms with Gasteiger partial charge in [0.25, 0.3) is 0 Å². The van der Waals surface area contributed by atoms with Gasteiger partial charge >= 0.3 is 5.97 Å². The fourth-order valence-electron chi connectivity index (χ4n) is 2.90. The first-order valence-corrected chi connectivity index (χ1v) is 8.55. The molecule has 0 spiro atoms. The molecule has 0 unspecified atom stereocenters. The summed E-state index contributed by atoms with van der Waals surface area (Å²) in [6.07, 6.45) is 6.66. The molecule has 0 bridgehead atoms. The van der Waals surface area contributed by atoms with Crippen molar-refractivity contribution >= 4 is 16.0 Å². The van der Waals surface area contributed by atoms with Crippen LogP contribution < -0.4 is 0 Å². The second-order valence-corrected chi connectivity index (χ2v) is 7.56. The minimum Gasteiger partial charge on any atom is -0.481 e. The van der Waals surface area contributed by atoms with Gasteiger partial charge in [0.05, 0.1) is 11.2 Å². The second kappa shape index (κ2) is 5.69. The van der Waals surface area contributed by atoms with Crippen molar-refractivity contribution in [2.24, 2.45) is 5.41 Å². The quantitative estimate of drug-likeness (QED) is 0.759. The Morgan fingerprint density at radius 1 is 1.50 bits per heavy atom. The average molecular weight is 299 g/mol. The van der Waals surface area contributed by atoms with Crippen LogP contribution in [0.2, 0.25) is 0 Å². The predicted octanol–water partition coefficient (Wildman–Crippen LogP) is 1.78. The lowest BCUT2D eigenvalue weighted by Gasteiger charge is -2.42. The third-order valence-corrected chi connectivity index (χ3v) is 6.25. The van der Waals surface area contributed by atoms with Crippen LogP contribution in [0.25, 0.3) is 0 Å². The van der Waals surface area contributed by atoms with Gasteiger partial charge in [-0.1, -0.05) is 24.1 Å². The molecular weight excluding hydrogens is 278 g/mol. The van der Waals surface area contributed by atoms with Gasteiger partial charge in [-0.15, -0.1) is 6.58 Å². The number of rotatable bonds is 6. The molecule has 1 aliphatic carbocycles. The van der Waals surface area contributed by atoms with E-state index in [2.05, 4.69) is 6.58 Å². The van der Waals surface area contributed by atoms with E-state index in [4.69, 9.17) is 0 Å². The van der Waals surface area contributed by atoms with Crippen molar-refractivity contribution in [1.29, 1.82) is 0 Å². The van der Waals surface area contributed by atoms with Gasteiger partial charge in [0.2, 0.25) is 10.0 Å². The van der Waals surface area contributed by atoms with Crippen LogP contribution in [-0.2, 0) is 14.8 Å². The summed E-state index contributed by atoms with van der Waals surface area (Å²) in [5.41, 5.74) is 0.197. The monoisotopic (exact) mass is 299 g/mol. The van der Waals surface area contributed by atoms with E-state index in [1.54, 1.807) is 6.08 Å². The van der Waals surface area contributed by atoms with Gasteiger partial charge in [0, 0.05) is 13.1 Å². The van der Waals surface area contributed by atoms with Gasteiger partial charge in [-0.2, -0.15) is 4.31 Å². The highest BCUT2D eigenvalue weighted by Gasteiger charge is 2.47. The van der Waals surface area contributed by atoms with Gasteiger partial charge in [0.15, 0.2) is 0 Å². The molecule has 5 nitrogen and oxygen atoms in total. The summed E-state index contributed by atoms with van der Waals surface area (Å²) in [7, 11) is -3.25. The van der Waals surface area contributed by atoms with Crippen molar-refractivity contribution < 1.29 is 18.3 Å². The standard InChI is InChI=1S/C14H21NO4S/c1-2-3-11-20(18,19)15-9-5-12(6-10-15)14(13(16)17)7-4-8-14/h2,5H,1,3-4,6-11H2,(H,16,17). The maximum Gasteiger partial charge on any atom is 0.313 e. The molecule has 1 heterocycles. The summed E-state index contributed by atoms with van der Waals surface area (Å²) in [5, 5.41) is 9.39. The number of carboxylic acid groups (broad SMARTS) is 1. The lowest BCUT2D eigenvalue weighted by Crippen LogP contribution is -2.44. The van der Waals surface area contributed by atoms with Crippen LogP contribution in [0.5, 0.6) is 0 Å². The second-order valence-electron chi connectivity index (χ2n) is 5.47. The lowest BCUT2D eigenvalue weighted by atomic mass is 9.63. The summed E-state index contributed by atoms with van der Waals surface area (Å²) in [4.78, 5) is 11.4. The summed E-state index contributed by atoms with van der Waals surface area (Å²) < 4.78 is 25.5. The smallest absolute Gasteiger partial charge is 0.313 e. The largest absolute Gasteiger partial charge is 0.481 e. The van der Waals surface area contributed by atoms with Crippen LogP contribution in [0.15, 0.2) is 24.3 Å². The number of hydrogen-bond donors (Lipinski definition) is 1. The Hall–Kier alpha value is -1.14. The van der Waals surface area contributed by atoms with Crippen molar-refractivity contribution in [2.75, 3.05) is 18.8 Å². The molecule has 0 atom stereocenters. The molecule has 1 N–H and O–H groups in total. The van der Waals surface area contributed by atoms with E-state index in [1.807, 2.05) is 6.08 Å². The Morgan fingerprint density at radius 3 is 2.60 bits per heavy atom. The van der Waals surface area contributed by atoms with E-state index in [1.165, 1.54) is 4.31 Å². The van der Waals surface area contributed by atoms with Crippen LogP contribution in [0.1, 0.15) is 32.1 Å². The maximum absolute atomic E-state index is 12.1. The molecule has 112 valence electrons. The first-order valence-electron chi connectivity index (χ1n) is 6.94. The SMILES string of the molecule is C=CCCS(=O)(=O)N1CC=C(C2(C(=O)O)CCC2)CC1. The van der Waals surface area contributed by atoms with Crippen molar-refractivity contribution in [3.8, 4) is 0 Å². The van der Waals surface area contributed by atoms with Gasteiger partial charge < -0.3 is 5.11 Å². The highest BCUT2D eigenvalue weighted by atomic mass is 32.2. The van der Waals surface area contributed by atoms with Crippen LogP contribution in [-0.4, -0.2) is 42.6 Å². The molecule has 1 saturated carbocycles. The Bertz CT molecular complexity index is 531. The molecular formula is C14H21NO4S. The van der Waals surface area contributed by atoms with Crippen molar-refractivity contribution in [3.63, 3.8) is 0 Å². The van der Waals surface area contributed by atoms with Gasteiger partial charge in [0.1, 0.15) is 0 Å². The average Bonchev–Trinajstić information content (AvgIpc) is 2.35. The Morgan fingerprint density at radius 2 is 2.20 bits per heavy atom. The molecule has 1 fully saturated rings. The number of sulfonamides is 1. The van der Waals surface area contributed by atoms with Crippen LogP contribution >= 0.6 is 0 Å². The highest BCUT2D eigenvalue weighted by molar-refractivity contribution is 7.89. The van der Waals surface area contributed by atoms with Crippen molar-refractivity contribution in [1.82, 2.24) is 4.31 Å². The van der Waals surface area contributed by atoms with Crippen molar-refractivity contribution in [2.45, 2.75) is 32.1 Å². The zero-order valence-electron chi connectivity index (χ0n) is 11.5. The number of hydrogen-bond acceptors (Lipinski definition) is 3. The molecule has 0 aromatic heterocycles. The summed E-state index contributed by atoms with van der Waals surface area (Å²) in [6, 6.07) is 0. The third-order valence-electron chi connectivity index (χ3n) is 4.38. The Balaban J connectivity index is 2.07. The number of nitrogens with zero attached hydrogens (tertiary/aromatic N) is 1. The molecule has 0 radical (unpaired) electrons. The van der Waals surface area contributed by atoms with Crippen LogP contribution in [0.4, 0.5) is 0 Å². The fourth-order valence-corrected chi connectivity index (χ4v) is 4.30. The van der Waals surface area contributed by atoms with Crippen LogP contribution in [0, 0.1) is 5.41 Å². The van der Waals surface area contributed by atoms with Gasteiger partial charge in [-0.3, -0.25) is 4.79 Å².